The van der Waals surface area contributed by atoms with E-state index in [0.29, 0.717) is 6.04 Å². The SMILES string of the molecule is CC(C)NCC(Cc1cccc(Cl)c1)c1ccccc1F. The van der Waals surface area contributed by atoms with Crippen LogP contribution >= 0.6 is 11.6 Å². The zero-order valence-electron chi connectivity index (χ0n) is 12.4. The van der Waals surface area contributed by atoms with Crippen molar-refractivity contribution in [2.75, 3.05) is 6.54 Å². The molecule has 1 N–H and O–H groups in total. The lowest BCUT2D eigenvalue weighted by Gasteiger charge is -2.20. The Hall–Kier alpha value is -1.38. The van der Waals surface area contributed by atoms with E-state index in [1.54, 1.807) is 6.07 Å². The third-order valence-electron chi connectivity index (χ3n) is 3.49. The summed E-state index contributed by atoms with van der Waals surface area (Å²) in [6, 6.07) is 15.2. The Balaban J connectivity index is 2.22. The summed E-state index contributed by atoms with van der Waals surface area (Å²) in [5.74, 6) is -0.0536. The molecule has 0 bridgehead atoms. The third-order valence-corrected chi connectivity index (χ3v) is 3.72. The molecule has 0 heterocycles. The van der Waals surface area contributed by atoms with Gasteiger partial charge in [0.25, 0.3) is 0 Å². The van der Waals surface area contributed by atoms with Gasteiger partial charge < -0.3 is 5.32 Å². The third kappa shape index (κ3) is 4.83. The zero-order valence-corrected chi connectivity index (χ0v) is 13.2. The monoisotopic (exact) mass is 305 g/mol. The van der Waals surface area contributed by atoms with Gasteiger partial charge in [0, 0.05) is 23.5 Å². The summed E-state index contributed by atoms with van der Waals surface area (Å²) in [5, 5.41) is 4.13. The molecule has 0 aromatic heterocycles. The minimum Gasteiger partial charge on any atom is -0.314 e. The summed E-state index contributed by atoms with van der Waals surface area (Å²) in [6.07, 6.45) is 0.765. The van der Waals surface area contributed by atoms with Crippen LogP contribution in [0.25, 0.3) is 0 Å². The molecule has 112 valence electrons. The van der Waals surface area contributed by atoms with E-state index in [-0.39, 0.29) is 11.7 Å². The molecule has 0 spiro atoms. The zero-order chi connectivity index (χ0) is 15.2. The predicted molar refractivity (Wildman–Crippen MR) is 87.4 cm³/mol. The number of hydrogen-bond acceptors (Lipinski definition) is 1. The van der Waals surface area contributed by atoms with E-state index in [0.717, 1.165) is 29.1 Å². The van der Waals surface area contributed by atoms with Crippen molar-refractivity contribution in [2.45, 2.75) is 32.2 Å². The van der Waals surface area contributed by atoms with Gasteiger partial charge in [0.1, 0.15) is 5.82 Å². The minimum atomic E-state index is -0.143. The van der Waals surface area contributed by atoms with Crippen LogP contribution in [0.2, 0.25) is 5.02 Å². The Labute approximate surface area is 131 Å². The summed E-state index contributed by atoms with van der Waals surface area (Å²) < 4.78 is 14.1. The molecular weight excluding hydrogens is 285 g/mol. The van der Waals surface area contributed by atoms with Crippen LogP contribution < -0.4 is 5.32 Å². The van der Waals surface area contributed by atoms with Crippen LogP contribution in [0.4, 0.5) is 4.39 Å². The summed E-state index contributed by atoms with van der Waals surface area (Å²) in [4.78, 5) is 0. The van der Waals surface area contributed by atoms with Crippen molar-refractivity contribution in [2.24, 2.45) is 0 Å². The molecule has 0 radical (unpaired) electrons. The van der Waals surface area contributed by atoms with E-state index >= 15 is 0 Å². The van der Waals surface area contributed by atoms with Gasteiger partial charge >= 0.3 is 0 Å². The van der Waals surface area contributed by atoms with E-state index < -0.39 is 0 Å². The first-order valence-corrected chi connectivity index (χ1v) is 7.66. The molecule has 0 aliphatic heterocycles. The Kier molecular flexibility index (Phi) is 5.77. The van der Waals surface area contributed by atoms with E-state index in [1.165, 1.54) is 6.07 Å². The fourth-order valence-electron chi connectivity index (χ4n) is 2.42. The second-order valence-electron chi connectivity index (χ2n) is 5.62. The van der Waals surface area contributed by atoms with Crippen molar-refractivity contribution >= 4 is 11.6 Å². The fourth-order valence-corrected chi connectivity index (χ4v) is 2.64. The highest BCUT2D eigenvalue weighted by Crippen LogP contribution is 2.24. The maximum atomic E-state index is 14.1. The van der Waals surface area contributed by atoms with E-state index in [1.807, 2.05) is 36.4 Å². The van der Waals surface area contributed by atoms with Crippen molar-refractivity contribution in [3.8, 4) is 0 Å². The van der Waals surface area contributed by atoms with Gasteiger partial charge in [-0.25, -0.2) is 4.39 Å². The Morgan fingerprint density at radius 2 is 1.86 bits per heavy atom. The van der Waals surface area contributed by atoms with Crippen LogP contribution in [-0.4, -0.2) is 12.6 Å². The van der Waals surface area contributed by atoms with Gasteiger partial charge in [0.15, 0.2) is 0 Å². The second kappa shape index (κ2) is 7.58. The number of halogens is 2. The molecule has 0 saturated carbocycles. The van der Waals surface area contributed by atoms with Crippen LogP contribution in [0.3, 0.4) is 0 Å². The Morgan fingerprint density at radius 3 is 2.52 bits per heavy atom. The quantitative estimate of drug-likeness (QED) is 0.808. The summed E-state index contributed by atoms with van der Waals surface area (Å²) in [7, 11) is 0. The first-order valence-electron chi connectivity index (χ1n) is 7.28. The lowest BCUT2D eigenvalue weighted by molar-refractivity contribution is 0.505. The van der Waals surface area contributed by atoms with Gasteiger partial charge in [0.05, 0.1) is 0 Å². The Morgan fingerprint density at radius 1 is 1.10 bits per heavy atom. The van der Waals surface area contributed by atoms with Crippen molar-refractivity contribution in [1.82, 2.24) is 5.32 Å². The van der Waals surface area contributed by atoms with E-state index in [2.05, 4.69) is 19.2 Å². The predicted octanol–water partition coefficient (Wildman–Crippen LogP) is 4.80. The molecular formula is C18H21ClFN. The van der Waals surface area contributed by atoms with Crippen molar-refractivity contribution < 1.29 is 4.39 Å². The highest BCUT2D eigenvalue weighted by atomic mass is 35.5. The molecule has 1 unspecified atom stereocenters. The molecule has 2 aromatic rings. The summed E-state index contributed by atoms with van der Waals surface area (Å²) >= 11 is 6.04. The number of hydrogen-bond donors (Lipinski definition) is 1. The molecule has 1 atom stereocenters. The highest BCUT2D eigenvalue weighted by Gasteiger charge is 2.16. The van der Waals surface area contributed by atoms with Crippen LogP contribution in [0.1, 0.15) is 30.9 Å². The highest BCUT2D eigenvalue weighted by molar-refractivity contribution is 6.30. The largest absolute Gasteiger partial charge is 0.314 e. The maximum Gasteiger partial charge on any atom is 0.126 e. The molecule has 0 fully saturated rings. The molecule has 0 aliphatic carbocycles. The van der Waals surface area contributed by atoms with Crippen LogP contribution in [0.5, 0.6) is 0 Å². The average molecular weight is 306 g/mol. The smallest absolute Gasteiger partial charge is 0.126 e. The van der Waals surface area contributed by atoms with Gasteiger partial charge in [-0.05, 0) is 35.7 Å². The minimum absolute atomic E-state index is 0.0899. The van der Waals surface area contributed by atoms with Crippen LogP contribution in [0.15, 0.2) is 48.5 Å². The average Bonchev–Trinajstić information content (AvgIpc) is 2.44. The van der Waals surface area contributed by atoms with E-state index in [9.17, 15) is 4.39 Å². The summed E-state index contributed by atoms with van der Waals surface area (Å²) in [6.45, 7) is 4.93. The Bertz CT molecular complexity index is 583. The number of rotatable bonds is 6. The van der Waals surface area contributed by atoms with Crippen molar-refractivity contribution in [3.05, 3.63) is 70.5 Å². The van der Waals surface area contributed by atoms with Gasteiger partial charge in [-0.1, -0.05) is 55.8 Å². The van der Waals surface area contributed by atoms with Gasteiger partial charge in [-0.15, -0.1) is 0 Å². The molecule has 0 amide bonds. The molecule has 3 heteroatoms. The molecule has 0 saturated heterocycles. The van der Waals surface area contributed by atoms with Crippen molar-refractivity contribution in [3.63, 3.8) is 0 Å². The standard InChI is InChI=1S/C18H21ClFN/c1-13(2)21-12-15(17-8-3-4-9-18(17)20)10-14-6-5-7-16(19)11-14/h3-9,11,13,15,21H,10,12H2,1-2H3. The molecule has 2 aromatic carbocycles. The first-order chi connectivity index (χ1) is 10.1. The van der Waals surface area contributed by atoms with Gasteiger partial charge in [-0.3, -0.25) is 0 Å². The molecule has 2 rings (SSSR count). The fraction of sp³-hybridized carbons (Fsp3) is 0.333. The maximum absolute atomic E-state index is 14.1. The van der Waals surface area contributed by atoms with Gasteiger partial charge in [0.2, 0.25) is 0 Å². The van der Waals surface area contributed by atoms with E-state index in [4.69, 9.17) is 11.6 Å². The number of nitrogens with one attached hydrogen (secondary N) is 1. The van der Waals surface area contributed by atoms with Gasteiger partial charge in [-0.2, -0.15) is 0 Å². The number of benzene rings is 2. The first kappa shape index (κ1) is 16.0. The lowest BCUT2D eigenvalue weighted by atomic mass is 9.91. The molecule has 1 nitrogen and oxygen atoms in total. The lowest BCUT2D eigenvalue weighted by Crippen LogP contribution is -2.29. The molecule has 0 aliphatic rings. The normalized spacial score (nSPS) is 12.6. The topological polar surface area (TPSA) is 12.0 Å². The van der Waals surface area contributed by atoms with Crippen molar-refractivity contribution in [1.29, 1.82) is 0 Å². The second-order valence-corrected chi connectivity index (χ2v) is 6.05. The molecule has 21 heavy (non-hydrogen) atoms. The van der Waals surface area contributed by atoms with Crippen LogP contribution in [-0.2, 0) is 6.42 Å². The summed E-state index contributed by atoms with van der Waals surface area (Å²) in [5.41, 5.74) is 1.88. The van der Waals surface area contributed by atoms with Crippen LogP contribution in [0, 0.1) is 5.82 Å².